The Morgan fingerprint density at radius 1 is 0.800 bits per heavy atom. The van der Waals surface area contributed by atoms with Crippen LogP contribution in [0.2, 0.25) is 0 Å². The van der Waals surface area contributed by atoms with Crippen LogP contribution in [0.4, 0.5) is 0 Å². The predicted molar refractivity (Wildman–Crippen MR) is 98.0 cm³/mol. The molecule has 0 saturated carbocycles. The molecule has 1 aliphatic heterocycles. The summed E-state index contributed by atoms with van der Waals surface area (Å²) in [7, 11) is 0. The maximum absolute atomic E-state index is 5.30. The van der Waals surface area contributed by atoms with Gasteiger partial charge in [-0.25, -0.2) is 0 Å². The second-order valence-corrected chi connectivity index (χ2v) is 7.99. The summed E-state index contributed by atoms with van der Waals surface area (Å²) in [4.78, 5) is 6.66. The van der Waals surface area contributed by atoms with E-state index in [2.05, 4.69) is 22.1 Å². The molecule has 3 heterocycles. The molecule has 6 heteroatoms. The summed E-state index contributed by atoms with van der Waals surface area (Å²) in [6.07, 6.45) is 3.89. The first-order valence-electron chi connectivity index (χ1n) is 5.96. The SMILES string of the molecule is S=C1SC(=c2c3ccc[nH]c3c3[nH]cccc23)SC1=S. The minimum Gasteiger partial charge on any atom is -0.359 e. The van der Waals surface area contributed by atoms with Gasteiger partial charge in [-0.05, 0) is 12.1 Å². The van der Waals surface area contributed by atoms with Crippen LogP contribution in [0.5, 0.6) is 0 Å². The van der Waals surface area contributed by atoms with Crippen molar-refractivity contribution in [3.8, 4) is 0 Å². The molecule has 2 nitrogen and oxygen atoms in total. The first-order chi connectivity index (χ1) is 9.75. The van der Waals surface area contributed by atoms with Gasteiger partial charge in [-0.15, -0.1) is 0 Å². The van der Waals surface area contributed by atoms with E-state index in [-0.39, 0.29) is 0 Å². The lowest BCUT2D eigenvalue weighted by Crippen LogP contribution is -2.00. The van der Waals surface area contributed by atoms with Gasteiger partial charge in [-0.2, -0.15) is 0 Å². The molecule has 0 unspecified atom stereocenters. The van der Waals surface area contributed by atoms with Crippen molar-refractivity contribution in [1.29, 1.82) is 0 Å². The highest BCUT2D eigenvalue weighted by molar-refractivity contribution is 8.57. The van der Waals surface area contributed by atoms with Gasteiger partial charge in [0, 0.05) is 28.4 Å². The lowest BCUT2D eigenvalue weighted by atomic mass is 10.3. The molecule has 1 aromatic carbocycles. The molecule has 4 rings (SSSR count). The Bertz CT molecular complexity index is 874. The van der Waals surface area contributed by atoms with Gasteiger partial charge in [-0.3, -0.25) is 0 Å². The van der Waals surface area contributed by atoms with Crippen molar-refractivity contribution >= 4 is 82.4 Å². The maximum Gasteiger partial charge on any atom is 0.101 e. The molecule has 1 saturated heterocycles. The van der Waals surface area contributed by atoms with Crippen LogP contribution < -0.4 is 5.22 Å². The molecule has 0 bridgehead atoms. The van der Waals surface area contributed by atoms with E-state index < -0.39 is 0 Å². The first kappa shape index (κ1) is 12.6. The van der Waals surface area contributed by atoms with Crippen LogP contribution in [0, 0.1) is 0 Å². The van der Waals surface area contributed by atoms with E-state index in [0.717, 1.165) is 19.4 Å². The van der Waals surface area contributed by atoms with Crippen molar-refractivity contribution in [3.63, 3.8) is 0 Å². The smallest absolute Gasteiger partial charge is 0.101 e. The van der Waals surface area contributed by atoms with Gasteiger partial charge >= 0.3 is 0 Å². The molecule has 1 aliphatic rings. The van der Waals surface area contributed by atoms with Crippen LogP contribution in [0.3, 0.4) is 0 Å². The normalized spacial score (nSPS) is 15.7. The minimum absolute atomic E-state index is 0.808. The molecular formula is C14H8N2S4. The average Bonchev–Trinajstić information content (AvgIpc) is 2.97. The second-order valence-electron chi connectivity index (χ2n) is 4.36. The number of nitrogens with one attached hydrogen (secondary N) is 2. The Balaban J connectivity index is 2.25. The van der Waals surface area contributed by atoms with Crippen molar-refractivity contribution in [2.75, 3.05) is 0 Å². The van der Waals surface area contributed by atoms with Crippen LogP contribution in [-0.2, 0) is 0 Å². The Morgan fingerprint density at radius 3 is 1.80 bits per heavy atom. The van der Waals surface area contributed by atoms with Crippen molar-refractivity contribution in [3.05, 3.63) is 41.9 Å². The number of pyridine rings is 2. The zero-order valence-corrected chi connectivity index (χ0v) is 13.4. The topological polar surface area (TPSA) is 31.6 Å². The van der Waals surface area contributed by atoms with Gasteiger partial charge in [0.2, 0.25) is 0 Å². The molecule has 3 aromatic rings. The van der Waals surface area contributed by atoms with E-state index in [0.29, 0.717) is 0 Å². The number of aromatic nitrogens is 2. The molecule has 0 spiro atoms. The van der Waals surface area contributed by atoms with Gasteiger partial charge in [0.1, 0.15) is 8.39 Å². The molecule has 2 aromatic heterocycles. The van der Waals surface area contributed by atoms with Crippen LogP contribution in [0.1, 0.15) is 0 Å². The Hall–Kier alpha value is -1.08. The van der Waals surface area contributed by atoms with E-state index >= 15 is 0 Å². The third-order valence-electron chi connectivity index (χ3n) is 3.24. The lowest BCUT2D eigenvalue weighted by molar-refractivity contribution is 1.39. The molecule has 0 amide bonds. The molecule has 1 fully saturated rings. The summed E-state index contributed by atoms with van der Waals surface area (Å²) in [5.41, 5.74) is 2.24. The number of fused-ring (bicyclic) bond motifs is 3. The monoisotopic (exact) mass is 332 g/mol. The van der Waals surface area contributed by atoms with Crippen LogP contribution in [0.25, 0.3) is 26.0 Å². The summed E-state index contributed by atoms with van der Waals surface area (Å²) < 4.78 is 2.80. The summed E-state index contributed by atoms with van der Waals surface area (Å²) in [6.45, 7) is 0. The number of H-pyrrole nitrogens is 2. The van der Waals surface area contributed by atoms with Crippen molar-refractivity contribution in [2.45, 2.75) is 0 Å². The molecule has 0 atom stereocenters. The summed E-state index contributed by atoms with van der Waals surface area (Å²) in [5.74, 6) is 0. The number of hydrogen-bond acceptors (Lipinski definition) is 4. The highest BCUT2D eigenvalue weighted by Gasteiger charge is 2.23. The number of rotatable bonds is 0. The molecule has 0 aliphatic carbocycles. The summed E-state index contributed by atoms with van der Waals surface area (Å²) >= 11 is 13.8. The maximum atomic E-state index is 5.30. The van der Waals surface area contributed by atoms with Gasteiger partial charge < -0.3 is 9.97 Å². The van der Waals surface area contributed by atoms with E-state index in [9.17, 15) is 0 Å². The summed E-state index contributed by atoms with van der Waals surface area (Å²) in [6, 6.07) is 8.31. The standard InChI is InChI=1S/C14H8N2S4/c17-12-13(18)20-14(19-12)9-7-3-1-5-15-10(7)11-8(9)4-2-6-16-11/h1-6,15-16H. The van der Waals surface area contributed by atoms with Crippen molar-refractivity contribution in [2.24, 2.45) is 0 Å². The molecule has 2 N–H and O–H groups in total. The molecular weight excluding hydrogens is 324 g/mol. The highest BCUT2D eigenvalue weighted by atomic mass is 32.2. The summed E-state index contributed by atoms with van der Waals surface area (Å²) in [5, 5.41) is 3.63. The zero-order valence-electron chi connectivity index (χ0n) is 10.1. The number of hydrogen-bond donors (Lipinski definition) is 2. The van der Waals surface area contributed by atoms with E-state index in [4.69, 9.17) is 24.4 Å². The third-order valence-corrected chi connectivity index (χ3v) is 6.73. The van der Waals surface area contributed by atoms with Crippen molar-refractivity contribution < 1.29 is 0 Å². The molecule has 0 radical (unpaired) electrons. The third kappa shape index (κ3) is 1.79. The molecule has 98 valence electrons. The number of thioether (sulfide) groups is 2. The quantitative estimate of drug-likeness (QED) is 0.606. The zero-order chi connectivity index (χ0) is 13.7. The minimum atomic E-state index is 0.808. The van der Waals surface area contributed by atoms with Crippen molar-refractivity contribution in [1.82, 2.24) is 9.97 Å². The van der Waals surface area contributed by atoms with Crippen LogP contribution in [0.15, 0.2) is 36.7 Å². The van der Waals surface area contributed by atoms with Gasteiger partial charge in [0.25, 0.3) is 0 Å². The fourth-order valence-corrected chi connectivity index (χ4v) is 5.57. The largest absolute Gasteiger partial charge is 0.359 e. The van der Waals surface area contributed by atoms with E-state index in [1.165, 1.54) is 20.2 Å². The second kappa shape index (κ2) is 4.73. The fraction of sp³-hybridized carbons (Fsp3) is 0. The van der Waals surface area contributed by atoms with Gasteiger partial charge in [0.05, 0.1) is 15.3 Å². The van der Waals surface area contributed by atoms with Gasteiger partial charge in [-0.1, -0.05) is 60.1 Å². The Kier molecular flexibility index (Phi) is 2.99. The predicted octanol–water partition coefficient (Wildman–Crippen LogP) is 4.13. The van der Waals surface area contributed by atoms with Crippen LogP contribution in [-0.4, -0.2) is 18.4 Å². The average molecular weight is 333 g/mol. The van der Waals surface area contributed by atoms with E-state index in [1.807, 2.05) is 24.5 Å². The van der Waals surface area contributed by atoms with E-state index in [1.54, 1.807) is 23.5 Å². The van der Waals surface area contributed by atoms with Gasteiger partial charge in [0.15, 0.2) is 0 Å². The lowest BCUT2D eigenvalue weighted by Gasteiger charge is -1.93. The van der Waals surface area contributed by atoms with Crippen LogP contribution >= 0.6 is 48.0 Å². The highest BCUT2D eigenvalue weighted by Crippen LogP contribution is 2.42. The Labute approximate surface area is 134 Å². The first-order valence-corrected chi connectivity index (χ1v) is 8.41. The fourth-order valence-electron chi connectivity index (χ4n) is 2.44. The number of thiocarbonyl (C=S) groups is 2. The Morgan fingerprint density at radius 2 is 1.30 bits per heavy atom. The molecule has 20 heavy (non-hydrogen) atoms. The number of aromatic amines is 2.